The Kier molecular flexibility index (Phi) is 7.74. The van der Waals surface area contributed by atoms with Gasteiger partial charge in [0.2, 0.25) is 5.54 Å². The fraction of sp³-hybridized carbons (Fsp3) is 0.333. The molecule has 1 aliphatic carbocycles. The smallest absolute Gasteiger partial charge is 0.323 e. The van der Waals surface area contributed by atoms with Crippen molar-refractivity contribution in [2.45, 2.75) is 37.9 Å². The summed E-state index contributed by atoms with van der Waals surface area (Å²) in [4.78, 5) is 44.6. The van der Waals surface area contributed by atoms with Crippen molar-refractivity contribution in [2.75, 3.05) is 20.7 Å². The van der Waals surface area contributed by atoms with E-state index in [-0.39, 0.29) is 12.5 Å². The number of methoxy groups -OCH3 is 1. The van der Waals surface area contributed by atoms with Crippen LogP contribution in [0.15, 0.2) is 58.5 Å². The molecule has 1 aromatic carbocycles. The van der Waals surface area contributed by atoms with Gasteiger partial charge >= 0.3 is 6.03 Å². The molecule has 1 saturated heterocycles. The number of benzene rings is 1. The summed E-state index contributed by atoms with van der Waals surface area (Å²) in [5, 5.41) is 9.02. The number of allylic oxidation sites excluding steroid dienone is 4. The van der Waals surface area contributed by atoms with E-state index in [1.807, 2.05) is 19.1 Å². The molecular formula is C27H29N5O4S. The molecule has 0 bridgehead atoms. The first kappa shape index (κ1) is 26.1. The van der Waals surface area contributed by atoms with Crippen LogP contribution in [0.3, 0.4) is 0 Å². The second-order valence-corrected chi connectivity index (χ2v) is 9.98. The zero-order valence-corrected chi connectivity index (χ0v) is 21.8. The average Bonchev–Trinajstić information content (AvgIpc) is 3.58. The molecule has 2 heterocycles. The van der Waals surface area contributed by atoms with Crippen molar-refractivity contribution >= 4 is 34.8 Å². The fourth-order valence-electron chi connectivity index (χ4n) is 3.97. The van der Waals surface area contributed by atoms with Gasteiger partial charge in [-0.25, -0.2) is 4.79 Å². The van der Waals surface area contributed by atoms with Gasteiger partial charge in [-0.15, -0.1) is 0 Å². The lowest BCUT2D eigenvalue weighted by molar-refractivity contribution is -0.122. The second kappa shape index (κ2) is 11.0. The van der Waals surface area contributed by atoms with Gasteiger partial charge in [0, 0.05) is 35.7 Å². The molecule has 0 radical (unpaired) electrons. The molecule has 192 valence electrons. The molecule has 2 aliphatic heterocycles. The van der Waals surface area contributed by atoms with E-state index in [2.05, 4.69) is 39.4 Å². The summed E-state index contributed by atoms with van der Waals surface area (Å²) in [7, 11) is 3.25. The molecule has 1 saturated carbocycles. The number of aliphatic imine (C=N–C) groups is 1. The first-order valence-electron chi connectivity index (χ1n) is 11.8. The molecule has 1 atom stereocenters. The number of fused-ring (bicyclic) bond motifs is 1. The maximum Gasteiger partial charge on any atom is 0.323 e. The minimum Gasteiger partial charge on any atom is -0.497 e. The Labute approximate surface area is 220 Å². The summed E-state index contributed by atoms with van der Waals surface area (Å²) in [5.41, 5.74) is 0.311. The van der Waals surface area contributed by atoms with Crippen LogP contribution in [0.4, 0.5) is 4.79 Å². The standard InChI is InChI=1S/C27H29N5O4S/c1-5-6-18(13-17(2)37-26(28-3)29-20-8-9-20)11-12-27(24(34)30-25(35)31-27)16-32-15-19-7-10-21(36-4)14-22(19)23(32)33/h5-7,10,13-14,20H,2,8-9,15-16H2,1,3-4H3,(H,28,29)(H2,30,31,34,35)/b6-5-,18-13+/t27-/m1/s1. The van der Waals surface area contributed by atoms with Crippen LogP contribution in [0.25, 0.3) is 0 Å². The number of imide groups is 1. The number of thioether (sulfide) groups is 1. The van der Waals surface area contributed by atoms with Gasteiger partial charge in [-0.2, -0.15) is 0 Å². The Bertz CT molecular complexity index is 1300. The molecule has 9 nitrogen and oxygen atoms in total. The number of amides is 4. The predicted molar refractivity (Wildman–Crippen MR) is 144 cm³/mol. The third-order valence-corrected chi connectivity index (χ3v) is 6.86. The van der Waals surface area contributed by atoms with Crippen LogP contribution < -0.4 is 20.7 Å². The van der Waals surface area contributed by atoms with E-state index in [1.165, 1.54) is 23.8 Å². The van der Waals surface area contributed by atoms with Crippen molar-refractivity contribution in [1.82, 2.24) is 20.9 Å². The zero-order valence-electron chi connectivity index (χ0n) is 21.0. The number of hydrogen-bond donors (Lipinski definition) is 3. The maximum absolute atomic E-state index is 13.1. The van der Waals surface area contributed by atoms with Crippen molar-refractivity contribution < 1.29 is 19.1 Å². The Morgan fingerprint density at radius 2 is 2.16 bits per heavy atom. The summed E-state index contributed by atoms with van der Waals surface area (Å²) >= 11 is 1.40. The third-order valence-electron chi connectivity index (χ3n) is 5.98. The Morgan fingerprint density at radius 1 is 1.38 bits per heavy atom. The summed E-state index contributed by atoms with van der Waals surface area (Å²) < 4.78 is 5.23. The molecule has 37 heavy (non-hydrogen) atoms. The average molecular weight is 520 g/mol. The molecule has 0 aromatic heterocycles. The Balaban J connectivity index is 1.57. The van der Waals surface area contributed by atoms with E-state index < -0.39 is 17.5 Å². The highest BCUT2D eigenvalue weighted by Crippen LogP contribution is 2.29. The highest BCUT2D eigenvalue weighted by Gasteiger charge is 2.48. The molecular weight excluding hydrogens is 490 g/mol. The van der Waals surface area contributed by atoms with Crippen molar-refractivity contribution in [3.63, 3.8) is 0 Å². The highest BCUT2D eigenvalue weighted by atomic mass is 32.2. The Morgan fingerprint density at radius 3 is 2.78 bits per heavy atom. The minimum atomic E-state index is -1.60. The third kappa shape index (κ3) is 6.06. The first-order chi connectivity index (χ1) is 17.8. The minimum absolute atomic E-state index is 0.107. The van der Waals surface area contributed by atoms with Gasteiger partial charge in [-0.05, 0) is 43.5 Å². The van der Waals surface area contributed by atoms with Gasteiger partial charge in [-0.1, -0.05) is 48.4 Å². The van der Waals surface area contributed by atoms with E-state index in [4.69, 9.17) is 4.74 Å². The molecule has 2 fully saturated rings. The highest BCUT2D eigenvalue weighted by molar-refractivity contribution is 8.17. The van der Waals surface area contributed by atoms with Crippen LogP contribution in [-0.2, 0) is 11.3 Å². The maximum atomic E-state index is 13.1. The van der Waals surface area contributed by atoms with Crippen LogP contribution in [0.2, 0.25) is 0 Å². The molecule has 3 aliphatic rings. The van der Waals surface area contributed by atoms with Crippen molar-refractivity contribution in [3.05, 3.63) is 64.6 Å². The molecule has 0 unspecified atom stereocenters. The number of carbonyl (C=O) groups excluding carboxylic acids is 3. The molecule has 0 spiro atoms. The van der Waals surface area contributed by atoms with Crippen molar-refractivity contribution in [2.24, 2.45) is 4.99 Å². The van der Waals surface area contributed by atoms with E-state index >= 15 is 0 Å². The normalized spacial score (nSPS) is 21.4. The zero-order chi connectivity index (χ0) is 26.6. The van der Waals surface area contributed by atoms with E-state index in [9.17, 15) is 14.4 Å². The van der Waals surface area contributed by atoms with Crippen LogP contribution in [0.5, 0.6) is 5.75 Å². The lowest BCUT2D eigenvalue weighted by Gasteiger charge is -2.26. The molecule has 10 heteroatoms. The molecule has 3 N–H and O–H groups in total. The van der Waals surface area contributed by atoms with Gasteiger partial charge in [-0.3, -0.25) is 19.9 Å². The topological polar surface area (TPSA) is 112 Å². The summed E-state index contributed by atoms with van der Waals surface area (Å²) in [6.45, 7) is 6.14. The molecule has 4 amide bonds. The van der Waals surface area contributed by atoms with Gasteiger partial charge in [0.25, 0.3) is 11.8 Å². The first-order valence-corrected chi connectivity index (χ1v) is 12.7. The van der Waals surface area contributed by atoms with Gasteiger partial charge in [0.05, 0.1) is 13.7 Å². The largest absolute Gasteiger partial charge is 0.497 e. The number of urea groups is 1. The van der Waals surface area contributed by atoms with Gasteiger partial charge in [0.15, 0.2) is 5.17 Å². The van der Waals surface area contributed by atoms with Crippen LogP contribution >= 0.6 is 11.8 Å². The second-order valence-electron chi connectivity index (χ2n) is 8.86. The lowest BCUT2D eigenvalue weighted by Crippen LogP contribution is -2.54. The van der Waals surface area contributed by atoms with E-state index in [0.717, 1.165) is 23.6 Å². The monoisotopic (exact) mass is 519 g/mol. The van der Waals surface area contributed by atoms with Gasteiger partial charge in [0.1, 0.15) is 5.75 Å². The van der Waals surface area contributed by atoms with Crippen molar-refractivity contribution in [1.29, 1.82) is 0 Å². The molecule has 1 aromatic rings. The van der Waals surface area contributed by atoms with Crippen molar-refractivity contribution in [3.8, 4) is 17.6 Å². The Hall–Kier alpha value is -3.97. The van der Waals surface area contributed by atoms with Crippen LogP contribution in [-0.4, -0.2) is 60.2 Å². The summed E-state index contributed by atoms with van der Waals surface area (Å²) in [6, 6.07) is 5.08. The quantitative estimate of drug-likeness (QED) is 0.168. The number of amidine groups is 1. The number of nitrogens with zero attached hydrogens (tertiary/aromatic N) is 2. The molecule has 4 rings (SSSR count). The lowest BCUT2D eigenvalue weighted by atomic mass is 9.99. The summed E-state index contributed by atoms with van der Waals surface area (Å²) in [6.07, 6.45) is 7.67. The van der Waals surface area contributed by atoms with E-state index in [0.29, 0.717) is 34.4 Å². The van der Waals surface area contributed by atoms with Crippen LogP contribution in [0, 0.1) is 11.8 Å². The summed E-state index contributed by atoms with van der Waals surface area (Å²) in [5.74, 6) is 5.67. The fourth-order valence-corrected chi connectivity index (χ4v) is 4.72. The number of ether oxygens (including phenoxy) is 1. The number of carbonyl (C=O) groups is 3. The van der Waals surface area contributed by atoms with E-state index in [1.54, 1.807) is 31.3 Å². The predicted octanol–water partition coefficient (Wildman–Crippen LogP) is 2.72. The number of nitrogens with one attached hydrogen (secondary N) is 3. The number of hydrogen-bond acceptors (Lipinski definition) is 6. The number of rotatable bonds is 7. The van der Waals surface area contributed by atoms with Gasteiger partial charge < -0.3 is 20.3 Å². The SMILES string of the molecule is C=C(/C=C(C#C[C@]1(CN2Cc3ccc(OC)cc3C2=O)NC(=O)NC1=O)\C=C/C)SC(=NC)NC1CC1. The van der Waals surface area contributed by atoms with Crippen LogP contribution in [0.1, 0.15) is 35.7 Å².